The Kier molecular flexibility index (Phi) is 1.58. The molecule has 3 heteroatoms. The Balaban J connectivity index is 2.15. The predicted octanol–water partition coefficient (Wildman–Crippen LogP) is 1.93. The van der Waals surface area contributed by atoms with Crippen molar-refractivity contribution in [3.8, 4) is 0 Å². The Bertz CT molecular complexity index is 253. The molecule has 0 unspecified atom stereocenters. The Morgan fingerprint density at radius 1 is 1.45 bits per heavy atom. The number of rotatable bonds is 1. The van der Waals surface area contributed by atoms with E-state index >= 15 is 0 Å². The minimum atomic E-state index is 0.969. The lowest BCUT2D eigenvalue weighted by atomic mass is 10.5. The zero-order chi connectivity index (χ0) is 7.68. The first-order valence-electron chi connectivity index (χ1n) is 3.54. The predicted molar refractivity (Wildman–Crippen MR) is 48.6 cm³/mol. The lowest BCUT2D eigenvalue weighted by molar-refractivity contribution is 0.496. The Morgan fingerprint density at radius 2 is 2.36 bits per heavy atom. The number of hydrogen-bond acceptors (Lipinski definition) is 3. The van der Waals surface area contributed by atoms with Crippen LogP contribution in [0.1, 0.15) is 0 Å². The number of nitrogens with zero attached hydrogens (tertiary/aromatic N) is 2. The van der Waals surface area contributed by atoms with E-state index in [0.717, 1.165) is 6.67 Å². The van der Waals surface area contributed by atoms with E-state index in [0.29, 0.717) is 0 Å². The summed E-state index contributed by atoms with van der Waals surface area (Å²) in [5.74, 6) is 0. The molecule has 1 aromatic heterocycles. The van der Waals surface area contributed by atoms with E-state index in [4.69, 9.17) is 0 Å². The van der Waals surface area contributed by atoms with Gasteiger partial charge in [0.25, 0.3) is 0 Å². The van der Waals surface area contributed by atoms with Gasteiger partial charge in [0.2, 0.25) is 0 Å². The van der Waals surface area contributed by atoms with Gasteiger partial charge in [0.05, 0.1) is 12.4 Å². The van der Waals surface area contributed by atoms with Crippen LogP contribution in [-0.4, -0.2) is 18.6 Å². The molecule has 58 valence electrons. The zero-order valence-electron chi connectivity index (χ0n) is 6.40. The number of thiophene rings is 1. The van der Waals surface area contributed by atoms with Gasteiger partial charge in [-0.05, 0) is 11.4 Å². The highest BCUT2D eigenvalue weighted by Crippen LogP contribution is 2.20. The lowest BCUT2D eigenvalue weighted by Gasteiger charge is -2.15. The highest BCUT2D eigenvalue weighted by molar-refractivity contribution is 7.08. The highest BCUT2D eigenvalue weighted by Gasteiger charge is 2.09. The maximum atomic E-state index is 2.22. The molecule has 1 aromatic rings. The van der Waals surface area contributed by atoms with E-state index in [1.165, 1.54) is 5.69 Å². The van der Waals surface area contributed by atoms with Crippen molar-refractivity contribution >= 4 is 17.0 Å². The third kappa shape index (κ3) is 1.24. The van der Waals surface area contributed by atoms with Crippen LogP contribution in [0, 0.1) is 0 Å². The standard InChI is InChI=1S/C8H10N2S/c1-9-3-4-10(7-9)8-2-5-11-6-8/h2-6H,7H2,1H3. The van der Waals surface area contributed by atoms with Crippen molar-refractivity contribution in [2.45, 2.75) is 0 Å². The van der Waals surface area contributed by atoms with Gasteiger partial charge >= 0.3 is 0 Å². The van der Waals surface area contributed by atoms with Gasteiger partial charge in [0.1, 0.15) is 0 Å². The van der Waals surface area contributed by atoms with Crippen molar-refractivity contribution in [1.29, 1.82) is 0 Å². The molecule has 0 amide bonds. The van der Waals surface area contributed by atoms with Crippen LogP contribution in [0.15, 0.2) is 29.2 Å². The second-order valence-electron chi connectivity index (χ2n) is 2.65. The molecule has 1 aliphatic rings. The number of hydrogen-bond donors (Lipinski definition) is 0. The summed E-state index contributed by atoms with van der Waals surface area (Å²) >= 11 is 1.73. The van der Waals surface area contributed by atoms with Gasteiger partial charge in [-0.25, -0.2) is 0 Å². The lowest BCUT2D eigenvalue weighted by Crippen LogP contribution is -2.20. The molecule has 0 spiro atoms. The minimum absolute atomic E-state index is 0.969. The molecule has 0 atom stereocenters. The molecule has 0 bridgehead atoms. The fourth-order valence-corrected chi connectivity index (χ4v) is 1.77. The molecule has 0 aliphatic carbocycles. The van der Waals surface area contributed by atoms with Gasteiger partial charge < -0.3 is 9.80 Å². The van der Waals surface area contributed by atoms with Crippen molar-refractivity contribution in [1.82, 2.24) is 4.90 Å². The molecule has 0 aromatic carbocycles. The van der Waals surface area contributed by atoms with Gasteiger partial charge in [-0.15, -0.1) is 0 Å². The van der Waals surface area contributed by atoms with Crippen LogP contribution in [0.3, 0.4) is 0 Å². The van der Waals surface area contributed by atoms with Crippen LogP contribution in [-0.2, 0) is 0 Å². The summed E-state index contributed by atoms with van der Waals surface area (Å²) in [7, 11) is 2.07. The van der Waals surface area contributed by atoms with E-state index in [-0.39, 0.29) is 0 Å². The molecule has 0 saturated carbocycles. The smallest absolute Gasteiger partial charge is 0.0939 e. The van der Waals surface area contributed by atoms with Crippen molar-refractivity contribution in [2.24, 2.45) is 0 Å². The van der Waals surface area contributed by atoms with E-state index < -0.39 is 0 Å². The fraction of sp³-hybridized carbons (Fsp3) is 0.250. The van der Waals surface area contributed by atoms with Crippen molar-refractivity contribution in [3.05, 3.63) is 29.2 Å². The third-order valence-corrected chi connectivity index (χ3v) is 2.39. The SMILES string of the molecule is CN1C=CN(c2ccsc2)C1. The first kappa shape index (κ1) is 6.73. The van der Waals surface area contributed by atoms with Gasteiger partial charge in [-0.1, -0.05) is 0 Å². The van der Waals surface area contributed by atoms with Crippen LogP contribution < -0.4 is 4.90 Å². The summed E-state index contributed by atoms with van der Waals surface area (Å²) in [5, 5.41) is 4.25. The summed E-state index contributed by atoms with van der Waals surface area (Å²) in [4.78, 5) is 4.37. The van der Waals surface area contributed by atoms with E-state index in [1.807, 2.05) is 0 Å². The minimum Gasteiger partial charge on any atom is -0.361 e. The Morgan fingerprint density at radius 3 is 2.91 bits per heavy atom. The molecule has 11 heavy (non-hydrogen) atoms. The summed E-state index contributed by atoms with van der Waals surface area (Å²) in [6.45, 7) is 0.969. The molecular weight excluding hydrogens is 156 g/mol. The first-order valence-corrected chi connectivity index (χ1v) is 4.48. The summed E-state index contributed by atoms with van der Waals surface area (Å²) in [6.07, 6.45) is 4.18. The zero-order valence-corrected chi connectivity index (χ0v) is 7.21. The Hall–Kier alpha value is -0.960. The molecule has 1 aliphatic heterocycles. The van der Waals surface area contributed by atoms with Gasteiger partial charge in [0.15, 0.2) is 0 Å². The molecule has 0 saturated heterocycles. The van der Waals surface area contributed by atoms with E-state index in [1.54, 1.807) is 11.3 Å². The van der Waals surface area contributed by atoms with Crippen LogP contribution in [0.25, 0.3) is 0 Å². The monoisotopic (exact) mass is 166 g/mol. The Labute approximate surface area is 70.4 Å². The van der Waals surface area contributed by atoms with Crippen LogP contribution in [0.2, 0.25) is 0 Å². The molecule has 2 nitrogen and oxygen atoms in total. The average Bonchev–Trinajstić information content (AvgIpc) is 2.55. The van der Waals surface area contributed by atoms with Crippen LogP contribution in [0.4, 0.5) is 5.69 Å². The third-order valence-electron chi connectivity index (χ3n) is 1.71. The van der Waals surface area contributed by atoms with Gasteiger partial charge in [-0.2, -0.15) is 11.3 Å². The average molecular weight is 166 g/mol. The largest absolute Gasteiger partial charge is 0.361 e. The molecule has 0 radical (unpaired) electrons. The topological polar surface area (TPSA) is 6.48 Å². The van der Waals surface area contributed by atoms with Crippen molar-refractivity contribution in [3.63, 3.8) is 0 Å². The molecule has 0 fully saturated rings. The molecule has 2 rings (SSSR count). The van der Waals surface area contributed by atoms with Crippen molar-refractivity contribution in [2.75, 3.05) is 18.6 Å². The van der Waals surface area contributed by atoms with Crippen LogP contribution >= 0.6 is 11.3 Å². The first-order chi connectivity index (χ1) is 5.36. The molecule has 2 heterocycles. The van der Waals surface area contributed by atoms with E-state index in [2.05, 4.69) is 46.1 Å². The molecule has 0 N–H and O–H groups in total. The van der Waals surface area contributed by atoms with Crippen LogP contribution in [0.5, 0.6) is 0 Å². The maximum Gasteiger partial charge on any atom is 0.0939 e. The van der Waals surface area contributed by atoms with Gasteiger partial charge in [0, 0.05) is 24.8 Å². The second kappa shape index (κ2) is 2.58. The maximum absolute atomic E-state index is 2.22. The summed E-state index contributed by atoms with van der Waals surface area (Å²) < 4.78 is 0. The second-order valence-corrected chi connectivity index (χ2v) is 3.43. The summed E-state index contributed by atoms with van der Waals surface area (Å²) in [5.41, 5.74) is 1.29. The molecular formula is C8H10N2S. The normalized spacial score (nSPS) is 16.5. The van der Waals surface area contributed by atoms with E-state index in [9.17, 15) is 0 Å². The summed E-state index contributed by atoms with van der Waals surface area (Å²) in [6, 6.07) is 2.13. The fourth-order valence-electron chi connectivity index (χ4n) is 1.12. The highest BCUT2D eigenvalue weighted by atomic mass is 32.1. The van der Waals surface area contributed by atoms with Gasteiger partial charge in [-0.3, -0.25) is 0 Å². The van der Waals surface area contributed by atoms with Crippen molar-refractivity contribution < 1.29 is 0 Å². The quantitative estimate of drug-likeness (QED) is 0.629. The number of anilines is 1.